The number of esters is 1. The number of amides is 1. The average molecular weight is 396 g/mol. The number of nitrogens with zero attached hydrogens (tertiary/aromatic N) is 1. The molecule has 6 nitrogen and oxygen atoms in total. The van der Waals surface area contributed by atoms with Crippen LogP contribution in [0.5, 0.6) is 0 Å². The summed E-state index contributed by atoms with van der Waals surface area (Å²) in [7, 11) is 1.24. The molecule has 0 spiro atoms. The van der Waals surface area contributed by atoms with Crippen molar-refractivity contribution >= 4 is 29.3 Å². The monoisotopic (exact) mass is 395 g/mol. The second kappa shape index (κ2) is 9.61. The van der Waals surface area contributed by atoms with Crippen LogP contribution in [0.25, 0.3) is 0 Å². The molecule has 1 atom stereocenters. The van der Waals surface area contributed by atoms with Crippen LogP contribution in [0.1, 0.15) is 32.3 Å². The number of carbonyl (C=O) groups excluding carboxylic acids is 2. The van der Waals surface area contributed by atoms with Gasteiger partial charge >= 0.3 is 12.1 Å². The minimum absolute atomic E-state index is 0.0232. The molecule has 1 rings (SSSR count). The summed E-state index contributed by atoms with van der Waals surface area (Å²) in [4.78, 5) is 27.2. The summed E-state index contributed by atoms with van der Waals surface area (Å²) in [5.41, 5.74) is -0.958. The van der Waals surface area contributed by atoms with Gasteiger partial charge in [0.2, 0.25) is 5.91 Å². The second-order valence-electron chi connectivity index (χ2n) is 6.00. The molecule has 0 saturated carbocycles. The number of alkyl halides is 3. The van der Waals surface area contributed by atoms with Gasteiger partial charge in [-0.25, -0.2) is 9.78 Å². The van der Waals surface area contributed by atoms with Gasteiger partial charge < -0.3 is 15.4 Å². The molecule has 0 aliphatic heterocycles. The van der Waals surface area contributed by atoms with E-state index < -0.39 is 29.7 Å². The Morgan fingerprint density at radius 1 is 1.35 bits per heavy atom. The molecule has 26 heavy (non-hydrogen) atoms. The summed E-state index contributed by atoms with van der Waals surface area (Å²) in [6.07, 6.45) is -3.47. The first-order valence-electron chi connectivity index (χ1n) is 7.88. The largest absolute Gasteiger partial charge is 0.467 e. The number of hydrogen-bond donors (Lipinski definition) is 2. The summed E-state index contributed by atoms with van der Waals surface area (Å²) < 4.78 is 42.3. The highest BCUT2D eigenvalue weighted by atomic mass is 35.5. The van der Waals surface area contributed by atoms with Crippen LogP contribution in [0.2, 0.25) is 5.02 Å². The highest BCUT2D eigenvalue weighted by Crippen LogP contribution is 2.32. The molecule has 1 aromatic heterocycles. The minimum atomic E-state index is -4.53. The van der Waals surface area contributed by atoms with Gasteiger partial charge in [0.05, 0.1) is 17.7 Å². The summed E-state index contributed by atoms with van der Waals surface area (Å²) in [5, 5.41) is 5.06. The van der Waals surface area contributed by atoms with Crippen molar-refractivity contribution in [3.8, 4) is 0 Å². The van der Waals surface area contributed by atoms with Crippen LogP contribution in [0.4, 0.5) is 19.0 Å². The van der Waals surface area contributed by atoms with Crippen LogP contribution in [0.15, 0.2) is 12.3 Å². The second-order valence-corrected chi connectivity index (χ2v) is 6.41. The van der Waals surface area contributed by atoms with Crippen molar-refractivity contribution in [2.45, 2.75) is 38.9 Å². The van der Waals surface area contributed by atoms with Crippen LogP contribution < -0.4 is 10.6 Å². The molecule has 0 aliphatic rings. The van der Waals surface area contributed by atoms with Crippen LogP contribution in [-0.4, -0.2) is 36.6 Å². The van der Waals surface area contributed by atoms with Gasteiger partial charge in [-0.2, -0.15) is 13.2 Å². The van der Waals surface area contributed by atoms with Crippen LogP contribution >= 0.6 is 11.6 Å². The van der Waals surface area contributed by atoms with E-state index in [1.54, 1.807) is 0 Å². The Labute approximate surface area is 154 Å². The van der Waals surface area contributed by atoms with E-state index >= 15 is 0 Å². The summed E-state index contributed by atoms with van der Waals surface area (Å²) in [6, 6.07) is 0.00709. The molecule has 1 amide bonds. The number of rotatable bonds is 8. The predicted octanol–water partition coefficient (Wildman–Crippen LogP) is 3.26. The fourth-order valence-corrected chi connectivity index (χ4v) is 2.34. The number of methoxy groups -OCH3 is 1. The first-order chi connectivity index (χ1) is 12.0. The quantitative estimate of drug-likeness (QED) is 0.660. The van der Waals surface area contributed by atoms with Crippen LogP contribution in [0, 0.1) is 5.92 Å². The normalized spacial score (nSPS) is 12.6. The molecule has 0 bridgehead atoms. The van der Waals surface area contributed by atoms with Crippen LogP contribution in [-0.2, 0) is 20.5 Å². The zero-order valence-corrected chi connectivity index (χ0v) is 15.4. The predicted molar refractivity (Wildman–Crippen MR) is 90.8 cm³/mol. The van der Waals surface area contributed by atoms with E-state index in [1.807, 2.05) is 13.8 Å². The summed E-state index contributed by atoms with van der Waals surface area (Å²) in [5.74, 6) is -0.726. The van der Waals surface area contributed by atoms with Gasteiger partial charge in [-0.15, -0.1) is 0 Å². The Kier molecular flexibility index (Phi) is 8.13. The van der Waals surface area contributed by atoms with Gasteiger partial charge in [-0.3, -0.25) is 4.79 Å². The minimum Gasteiger partial charge on any atom is -0.467 e. The Balaban J connectivity index is 2.56. The zero-order valence-electron chi connectivity index (χ0n) is 14.6. The molecule has 2 N–H and O–H groups in total. The van der Waals surface area contributed by atoms with Gasteiger partial charge in [0.25, 0.3) is 0 Å². The maximum Gasteiger partial charge on any atom is 0.417 e. The fraction of sp³-hybridized carbons (Fsp3) is 0.562. The lowest BCUT2D eigenvalue weighted by molar-refractivity contribution is -0.145. The Morgan fingerprint density at radius 3 is 2.50 bits per heavy atom. The van der Waals surface area contributed by atoms with Gasteiger partial charge in [-0.05, 0) is 18.4 Å². The molecule has 0 radical (unpaired) electrons. The zero-order chi connectivity index (χ0) is 19.9. The Bertz CT molecular complexity index is 639. The maximum absolute atomic E-state index is 12.6. The van der Waals surface area contributed by atoms with Gasteiger partial charge in [0.1, 0.15) is 11.9 Å². The van der Waals surface area contributed by atoms with Gasteiger partial charge in [-0.1, -0.05) is 25.4 Å². The van der Waals surface area contributed by atoms with E-state index in [1.165, 1.54) is 7.11 Å². The van der Waals surface area contributed by atoms with Crippen molar-refractivity contribution in [3.05, 3.63) is 22.8 Å². The fourth-order valence-electron chi connectivity index (χ4n) is 2.11. The first kappa shape index (κ1) is 22.0. The first-order valence-corrected chi connectivity index (χ1v) is 8.26. The van der Waals surface area contributed by atoms with Crippen LogP contribution in [0.3, 0.4) is 0 Å². The number of pyridine rings is 1. The lowest BCUT2D eigenvalue weighted by atomic mass is 10.0. The third-order valence-corrected chi connectivity index (χ3v) is 3.63. The number of anilines is 1. The number of ether oxygens (including phenoxy) is 1. The average Bonchev–Trinajstić information content (AvgIpc) is 2.53. The van der Waals surface area contributed by atoms with E-state index in [4.69, 9.17) is 11.6 Å². The topological polar surface area (TPSA) is 80.3 Å². The molecule has 10 heteroatoms. The highest BCUT2D eigenvalue weighted by molar-refractivity contribution is 6.32. The van der Waals surface area contributed by atoms with E-state index in [2.05, 4.69) is 20.4 Å². The van der Waals surface area contributed by atoms with E-state index in [9.17, 15) is 22.8 Å². The highest BCUT2D eigenvalue weighted by Gasteiger charge is 2.31. The summed E-state index contributed by atoms with van der Waals surface area (Å²) in [6.45, 7) is 3.89. The molecule has 1 unspecified atom stereocenters. The molecule has 0 saturated heterocycles. The SMILES string of the molecule is COC(=O)C(CC(C)C)NC(=O)CCNc1ncc(C(F)(F)F)cc1Cl. The van der Waals surface area contributed by atoms with E-state index in [-0.39, 0.29) is 29.7 Å². The van der Waals surface area contributed by atoms with Gasteiger partial charge in [0, 0.05) is 19.2 Å². The number of carbonyl (C=O) groups is 2. The van der Waals surface area contributed by atoms with Crippen molar-refractivity contribution in [2.75, 3.05) is 19.0 Å². The number of nitrogens with one attached hydrogen (secondary N) is 2. The molecular weight excluding hydrogens is 375 g/mol. The van der Waals surface area contributed by atoms with E-state index in [0.717, 1.165) is 6.07 Å². The molecule has 0 fully saturated rings. The third kappa shape index (κ3) is 7.07. The Hall–Kier alpha value is -2.03. The molecule has 0 aromatic carbocycles. The van der Waals surface area contributed by atoms with Crippen molar-refractivity contribution < 1.29 is 27.5 Å². The molecular formula is C16H21ClF3N3O3. The van der Waals surface area contributed by atoms with Crippen molar-refractivity contribution in [1.82, 2.24) is 10.3 Å². The Morgan fingerprint density at radius 2 is 2.00 bits per heavy atom. The molecule has 0 aliphatic carbocycles. The standard InChI is InChI=1S/C16H21ClF3N3O3/c1-9(2)6-12(15(25)26-3)23-13(24)4-5-21-14-11(17)7-10(8-22-14)16(18,19)20/h7-9,12H,4-6H2,1-3H3,(H,21,22)(H,23,24). The van der Waals surface area contributed by atoms with Crippen molar-refractivity contribution in [3.63, 3.8) is 0 Å². The molecule has 1 aromatic rings. The third-order valence-electron chi connectivity index (χ3n) is 3.34. The molecule has 1 heterocycles. The lowest BCUT2D eigenvalue weighted by Gasteiger charge is -2.18. The number of halogens is 4. The number of hydrogen-bond acceptors (Lipinski definition) is 5. The lowest BCUT2D eigenvalue weighted by Crippen LogP contribution is -2.42. The maximum atomic E-state index is 12.6. The summed E-state index contributed by atoms with van der Waals surface area (Å²) >= 11 is 5.77. The van der Waals surface area contributed by atoms with Crippen molar-refractivity contribution in [1.29, 1.82) is 0 Å². The van der Waals surface area contributed by atoms with Crippen molar-refractivity contribution in [2.24, 2.45) is 5.92 Å². The smallest absolute Gasteiger partial charge is 0.417 e. The van der Waals surface area contributed by atoms with Gasteiger partial charge in [0.15, 0.2) is 0 Å². The van der Waals surface area contributed by atoms with E-state index in [0.29, 0.717) is 12.6 Å². The molecule has 146 valence electrons. The number of aromatic nitrogens is 1.